The summed E-state index contributed by atoms with van der Waals surface area (Å²) in [6.45, 7) is 7.80. The lowest BCUT2D eigenvalue weighted by Gasteiger charge is -2.16. The number of aromatic amines is 1. The largest absolute Gasteiger partial charge is 0.322 e. The molecule has 0 aliphatic rings. The van der Waals surface area contributed by atoms with Crippen LogP contribution in [0.5, 0.6) is 0 Å². The second-order valence-corrected chi connectivity index (χ2v) is 4.65. The standard InChI is InChI=1S/C10H18N4O/c1-5-6(11)7-8(15)12-9(14-13-7)10(2,3)4/h6H,5,11H2,1-4H3,(H,12,14,15). The van der Waals surface area contributed by atoms with E-state index in [1.165, 1.54) is 0 Å². The Balaban J connectivity index is 3.15. The van der Waals surface area contributed by atoms with Gasteiger partial charge in [0, 0.05) is 5.41 Å². The lowest BCUT2D eigenvalue weighted by atomic mass is 9.96. The first-order valence-electron chi connectivity index (χ1n) is 5.09. The van der Waals surface area contributed by atoms with E-state index in [0.717, 1.165) is 0 Å². The second kappa shape index (κ2) is 4.10. The van der Waals surface area contributed by atoms with Crippen molar-refractivity contribution >= 4 is 0 Å². The van der Waals surface area contributed by atoms with Gasteiger partial charge in [0.25, 0.3) is 5.56 Å². The second-order valence-electron chi connectivity index (χ2n) is 4.65. The number of rotatable bonds is 2. The summed E-state index contributed by atoms with van der Waals surface area (Å²) in [5, 5.41) is 7.89. The molecule has 84 valence electrons. The first-order chi connectivity index (χ1) is 6.86. The van der Waals surface area contributed by atoms with Gasteiger partial charge in [-0.2, -0.15) is 0 Å². The van der Waals surface area contributed by atoms with E-state index < -0.39 is 0 Å². The lowest BCUT2D eigenvalue weighted by Crippen LogP contribution is -2.29. The molecule has 1 aromatic rings. The van der Waals surface area contributed by atoms with Gasteiger partial charge in [0.2, 0.25) is 0 Å². The molecule has 0 aromatic carbocycles. The third-order valence-corrected chi connectivity index (χ3v) is 2.22. The van der Waals surface area contributed by atoms with Crippen molar-refractivity contribution in [2.45, 2.75) is 45.6 Å². The van der Waals surface area contributed by atoms with Crippen molar-refractivity contribution in [3.05, 3.63) is 21.9 Å². The highest BCUT2D eigenvalue weighted by Gasteiger charge is 2.19. The summed E-state index contributed by atoms with van der Waals surface area (Å²) in [6, 6.07) is -0.338. The van der Waals surface area contributed by atoms with Crippen LogP contribution >= 0.6 is 0 Å². The molecule has 1 rings (SSSR count). The molecular weight excluding hydrogens is 192 g/mol. The third kappa shape index (κ3) is 2.62. The van der Waals surface area contributed by atoms with E-state index in [0.29, 0.717) is 17.9 Å². The Morgan fingerprint density at radius 2 is 2.00 bits per heavy atom. The highest BCUT2D eigenvalue weighted by Crippen LogP contribution is 2.16. The van der Waals surface area contributed by atoms with Crippen molar-refractivity contribution in [2.75, 3.05) is 0 Å². The Morgan fingerprint density at radius 3 is 2.40 bits per heavy atom. The Labute approximate surface area is 89.1 Å². The average Bonchev–Trinajstić information content (AvgIpc) is 2.15. The zero-order chi connectivity index (χ0) is 11.6. The zero-order valence-corrected chi connectivity index (χ0v) is 9.66. The van der Waals surface area contributed by atoms with E-state index in [-0.39, 0.29) is 17.0 Å². The minimum Gasteiger partial charge on any atom is -0.322 e. The minimum atomic E-state index is -0.338. The van der Waals surface area contributed by atoms with Crippen LogP contribution in [0.4, 0.5) is 0 Å². The van der Waals surface area contributed by atoms with Gasteiger partial charge < -0.3 is 10.7 Å². The van der Waals surface area contributed by atoms with E-state index in [4.69, 9.17) is 5.73 Å². The van der Waals surface area contributed by atoms with Crippen molar-refractivity contribution in [1.29, 1.82) is 0 Å². The SMILES string of the molecule is CCC(N)c1nnc(C(C)(C)C)[nH]c1=O. The molecule has 1 unspecified atom stereocenters. The molecule has 0 saturated carbocycles. The van der Waals surface area contributed by atoms with Crippen LogP contribution in [-0.4, -0.2) is 15.2 Å². The number of nitrogens with zero attached hydrogens (tertiary/aromatic N) is 2. The molecule has 5 heteroatoms. The topological polar surface area (TPSA) is 84.7 Å². The molecule has 0 saturated heterocycles. The number of hydrogen-bond donors (Lipinski definition) is 2. The molecule has 0 fully saturated rings. The lowest BCUT2D eigenvalue weighted by molar-refractivity contribution is 0.518. The summed E-state index contributed by atoms with van der Waals surface area (Å²) >= 11 is 0. The smallest absolute Gasteiger partial charge is 0.274 e. The maximum atomic E-state index is 11.6. The molecule has 0 amide bonds. The Morgan fingerprint density at radius 1 is 1.40 bits per heavy atom. The van der Waals surface area contributed by atoms with E-state index in [1.807, 2.05) is 27.7 Å². The van der Waals surface area contributed by atoms with Crippen LogP contribution in [0.15, 0.2) is 4.79 Å². The molecule has 0 bridgehead atoms. The summed E-state index contributed by atoms with van der Waals surface area (Å²) < 4.78 is 0. The fourth-order valence-corrected chi connectivity index (χ4v) is 1.12. The molecule has 0 spiro atoms. The van der Waals surface area contributed by atoms with Crippen molar-refractivity contribution in [3.63, 3.8) is 0 Å². The van der Waals surface area contributed by atoms with Gasteiger partial charge >= 0.3 is 0 Å². The van der Waals surface area contributed by atoms with Crippen LogP contribution < -0.4 is 11.3 Å². The minimum absolute atomic E-state index is 0.207. The van der Waals surface area contributed by atoms with Crippen LogP contribution in [0.3, 0.4) is 0 Å². The van der Waals surface area contributed by atoms with Crippen LogP contribution in [0.25, 0.3) is 0 Å². The van der Waals surface area contributed by atoms with Gasteiger partial charge in [-0.1, -0.05) is 27.7 Å². The highest BCUT2D eigenvalue weighted by molar-refractivity contribution is 5.05. The molecule has 0 radical (unpaired) electrons. The van der Waals surface area contributed by atoms with Crippen LogP contribution in [0.2, 0.25) is 0 Å². The zero-order valence-electron chi connectivity index (χ0n) is 9.66. The number of aromatic nitrogens is 3. The number of nitrogens with two attached hydrogens (primary N) is 1. The van der Waals surface area contributed by atoms with Gasteiger partial charge in [0.15, 0.2) is 0 Å². The van der Waals surface area contributed by atoms with Gasteiger partial charge in [-0.05, 0) is 6.42 Å². The average molecular weight is 210 g/mol. The van der Waals surface area contributed by atoms with Gasteiger partial charge in [-0.3, -0.25) is 4.79 Å². The molecule has 5 nitrogen and oxygen atoms in total. The summed E-state index contributed by atoms with van der Waals surface area (Å²) in [5.41, 5.74) is 5.60. The monoisotopic (exact) mass is 210 g/mol. The molecule has 0 aliphatic heterocycles. The van der Waals surface area contributed by atoms with Crippen LogP contribution in [-0.2, 0) is 5.41 Å². The first-order valence-corrected chi connectivity index (χ1v) is 5.09. The van der Waals surface area contributed by atoms with Crippen molar-refractivity contribution in [1.82, 2.24) is 15.2 Å². The first kappa shape index (κ1) is 11.8. The summed E-state index contributed by atoms with van der Waals surface area (Å²) in [4.78, 5) is 14.4. The van der Waals surface area contributed by atoms with Gasteiger partial charge in [-0.25, -0.2) is 0 Å². The Bertz CT molecular complexity index is 391. The summed E-state index contributed by atoms with van der Waals surface area (Å²) in [5.74, 6) is 0.583. The maximum absolute atomic E-state index is 11.6. The van der Waals surface area contributed by atoms with Gasteiger partial charge in [-0.15, -0.1) is 10.2 Å². The maximum Gasteiger partial charge on any atom is 0.274 e. The quantitative estimate of drug-likeness (QED) is 0.758. The summed E-state index contributed by atoms with van der Waals surface area (Å²) in [6.07, 6.45) is 0.673. The van der Waals surface area contributed by atoms with Crippen molar-refractivity contribution in [2.24, 2.45) is 5.73 Å². The molecule has 1 aromatic heterocycles. The Hall–Kier alpha value is -1.23. The van der Waals surface area contributed by atoms with Crippen LogP contribution in [0.1, 0.15) is 51.7 Å². The third-order valence-electron chi connectivity index (χ3n) is 2.22. The van der Waals surface area contributed by atoms with E-state index in [9.17, 15) is 4.79 Å². The van der Waals surface area contributed by atoms with Gasteiger partial charge in [0.05, 0.1) is 6.04 Å². The molecule has 0 aliphatic carbocycles. The fraction of sp³-hybridized carbons (Fsp3) is 0.700. The number of hydrogen-bond acceptors (Lipinski definition) is 4. The van der Waals surface area contributed by atoms with Crippen molar-refractivity contribution in [3.8, 4) is 0 Å². The predicted octanol–water partition coefficient (Wildman–Crippen LogP) is 0.872. The summed E-state index contributed by atoms with van der Waals surface area (Å²) in [7, 11) is 0. The fourth-order valence-electron chi connectivity index (χ4n) is 1.12. The number of nitrogens with one attached hydrogen (secondary N) is 1. The molecule has 1 atom stereocenters. The van der Waals surface area contributed by atoms with E-state index in [1.54, 1.807) is 0 Å². The molecule has 3 N–H and O–H groups in total. The predicted molar refractivity (Wildman–Crippen MR) is 58.6 cm³/mol. The Kier molecular flexibility index (Phi) is 3.24. The molecular formula is C10H18N4O. The molecule has 1 heterocycles. The van der Waals surface area contributed by atoms with Crippen LogP contribution in [0, 0.1) is 0 Å². The van der Waals surface area contributed by atoms with Gasteiger partial charge in [0.1, 0.15) is 11.5 Å². The normalized spacial score (nSPS) is 13.9. The highest BCUT2D eigenvalue weighted by atomic mass is 16.1. The molecule has 15 heavy (non-hydrogen) atoms. The van der Waals surface area contributed by atoms with E-state index in [2.05, 4.69) is 15.2 Å². The number of H-pyrrole nitrogens is 1. The van der Waals surface area contributed by atoms with Crippen molar-refractivity contribution < 1.29 is 0 Å². The van der Waals surface area contributed by atoms with E-state index >= 15 is 0 Å².